The first-order valence-electron chi connectivity index (χ1n) is 8.89. The second kappa shape index (κ2) is 8.10. The Kier molecular flexibility index (Phi) is 5.63. The summed E-state index contributed by atoms with van der Waals surface area (Å²) in [6.07, 6.45) is 12.5. The van der Waals surface area contributed by atoms with Crippen LogP contribution >= 0.6 is 0 Å². The molecule has 2 aromatic carbocycles. The standard InChI is InChI=1S/C23H25F/c1-2-3-4-5-18-6-8-19(9-7-18)20-10-12-21(13-11-20)22-14-16-23(24)17-15-22/h2-4,10-19H,1,5-9H2/b4-3-. The van der Waals surface area contributed by atoms with Crippen LogP contribution in [0.2, 0.25) is 0 Å². The molecule has 0 radical (unpaired) electrons. The Morgan fingerprint density at radius 3 is 2.04 bits per heavy atom. The summed E-state index contributed by atoms with van der Waals surface area (Å²) in [4.78, 5) is 0. The van der Waals surface area contributed by atoms with E-state index in [9.17, 15) is 4.39 Å². The van der Waals surface area contributed by atoms with Gasteiger partial charge >= 0.3 is 0 Å². The lowest BCUT2D eigenvalue weighted by Gasteiger charge is -2.28. The Morgan fingerprint density at radius 1 is 0.875 bits per heavy atom. The van der Waals surface area contributed by atoms with E-state index < -0.39 is 0 Å². The molecule has 24 heavy (non-hydrogen) atoms. The van der Waals surface area contributed by atoms with Crippen LogP contribution in [0.1, 0.15) is 43.6 Å². The molecule has 0 nitrogen and oxygen atoms in total. The molecule has 1 heteroatoms. The van der Waals surface area contributed by atoms with E-state index in [1.54, 1.807) is 0 Å². The van der Waals surface area contributed by atoms with E-state index in [4.69, 9.17) is 0 Å². The Labute approximate surface area is 144 Å². The molecule has 1 fully saturated rings. The molecule has 0 spiro atoms. The Bertz CT molecular complexity index is 671. The SMILES string of the molecule is C=C/C=C\CC1CCC(c2ccc(-c3ccc(F)cc3)cc2)CC1. The number of allylic oxidation sites excluding steroid dienone is 3. The van der Waals surface area contributed by atoms with Gasteiger partial charge < -0.3 is 0 Å². The fraction of sp³-hybridized carbons (Fsp3) is 0.304. The zero-order valence-electron chi connectivity index (χ0n) is 14.1. The number of hydrogen-bond acceptors (Lipinski definition) is 0. The highest BCUT2D eigenvalue weighted by atomic mass is 19.1. The van der Waals surface area contributed by atoms with Crippen LogP contribution < -0.4 is 0 Å². The largest absolute Gasteiger partial charge is 0.207 e. The molecule has 0 unspecified atom stereocenters. The molecule has 0 amide bonds. The smallest absolute Gasteiger partial charge is 0.123 e. The Balaban J connectivity index is 1.59. The van der Waals surface area contributed by atoms with Gasteiger partial charge in [0.1, 0.15) is 5.82 Å². The minimum Gasteiger partial charge on any atom is -0.207 e. The highest BCUT2D eigenvalue weighted by Crippen LogP contribution is 2.37. The Morgan fingerprint density at radius 2 is 1.46 bits per heavy atom. The average Bonchev–Trinajstić information content (AvgIpc) is 2.63. The van der Waals surface area contributed by atoms with E-state index >= 15 is 0 Å². The van der Waals surface area contributed by atoms with Gasteiger partial charge in [0.15, 0.2) is 0 Å². The quantitative estimate of drug-likeness (QED) is 0.526. The first-order valence-corrected chi connectivity index (χ1v) is 8.89. The third-order valence-corrected chi connectivity index (χ3v) is 5.15. The van der Waals surface area contributed by atoms with Gasteiger partial charge in [-0.3, -0.25) is 0 Å². The molecular weight excluding hydrogens is 295 g/mol. The lowest BCUT2D eigenvalue weighted by atomic mass is 9.77. The molecule has 0 aliphatic heterocycles. The van der Waals surface area contributed by atoms with E-state index in [1.165, 1.54) is 49.8 Å². The molecule has 0 bridgehead atoms. The topological polar surface area (TPSA) is 0 Å². The van der Waals surface area contributed by atoms with Crippen LogP contribution in [-0.2, 0) is 0 Å². The van der Waals surface area contributed by atoms with Gasteiger partial charge in [-0.2, -0.15) is 0 Å². The fourth-order valence-corrected chi connectivity index (χ4v) is 3.69. The van der Waals surface area contributed by atoms with Crippen molar-refractivity contribution in [2.45, 2.75) is 38.0 Å². The van der Waals surface area contributed by atoms with Crippen LogP contribution in [0.4, 0.5) is 4.39 Å². The average molecular weight is 320 g/mol. The number of hydrogen-bond donors (Lipinski definition) is 0. The molecule has 1 aliphatic carbocycles. The van der Waals surface area contributed by atoms with Crippen LogP contribution in [0.25, 0.3) is 11.1 Å². The molecule has 0 atom stereocenters. The summed E-state index contributed by atoms with van der Waals surface area (Å²) in [6, 6.07) is 15.6. The van der Waals surface area contributed by atoms with Gasteiger partial charge in [0, 0.05) is 0 Å². The summed E-state index contributed by atoms with van der Waals surface area (Å²) in [5, 5.41) is 0. The van der Waals surface area contributed by atoms with Crippen molar-refractivity contribution in [3.63, 3.8) is 0 Å². The van der Waals surface area contributed by atoms with E-state index in [2.05, 4.69) is 43.0 Å². The summed E-state index contributed by atoms with van der Waals surface area (Å²) in [6.45, 7) is 3.72. The lowest BCUT2D eigenvalue weighted by Crippen LogP contribution is -2.12. The molecule has 2 aromatic rings. The summed E-state index contributed by atoms with van der Waals surface area (Å²) < 4.78 is 13.0. The van der Waals surface area contributed by atoms with Gasteiger partial charge in [0.25, 0.3) is 0 Å². The summed E-state index contributed by atoms with van der Waals surface area (Å²) in [5.41, 5.74) is 3.67. The molecule has 3 rings (SSSR count). The van der Waals surface area contributed by atoms with Crippen LogP contribution in [0.5, 0.6) is 0 Å². The highest BCUT2D eigenvalue weighted by Gasteiger charge is 2.21. The highest BCUT2D eigenvalue weighted by molar-refractivity contribution is 5.63. The van der Waals surface area contributed by atoms with Crippen molar-refractivity contribution >= 4 is 0 Å². The van der Waals surface area contributed by atoms with Crippen LogP contribution in [-0.4, -0.2) is 0 Å². The molecule has 0 saturated heterocycles. The third kappa shape index (κ3) is 4.23. The van der Waals surface area contributed by atoms with Crippen molar-refractivity contribution in [1.29, 1.82) is 0 Å². The van der Waals surface area contributed by atoms with Crippen LogP contribution in [0.3, 0.4) is 0 Å². The minimum atomic E-state index is -0.185. The van der Waals surface area contributed by atoms with Crippen molar-refractivity contribution in [3.8, 4) is 11.1 Å². The maximum Gasteiger partial charge on any atom is 0.123 e. The first-order chi connectivity index (χ1) is 11.8. The van der Waals surface area contributed by atoms with Crippen LogP contribution in [0, 0.1) is 11.7 Å². The van der Waals surface area contributed by atoms with Crippen molar-refractivity contribution in [2.24, 2.45) is 5.92 Å². The van der Waals surface area contributed by atoms with Crippen molar-refractivity contribution < 1.29 is 4.39 Å². The summed E-state index contributed by atoms with van der Waals surface area (Å²) in [5.74, 6) is 1.33. The number of halogens is 1. The van der Waals surface area contributed by atoms with E-state index in [1.807, 2.05) is 18.2 Å². The molecule has 124 valence electrons. The molecule has 0 N–H and O–H groups in total. The predicted octanol–water partition coefficient (Wildman–Crippen LogP) is 6.90. The fourth-order valence-electron chi connectivity index (χ4n) is 3.69. The van der Waals surface area contributed by atoms with E-state index in [0.717, 1.165) is 17.0 Å². The summed E-state index contributed by atoms with van der Waals surface area (Å²) >= 11 is 0. The zero-order chi connectivity index (χ0) is 16.8. The van der Waals surface area contributed by atoms with Gasteiger partial charge in [0.05, 0.1) is 0 Å². The van der Waals surface area contributed by atoms with Crippen molar-refractivity contribution in [3.05, 3.63) is 84.7 Å². The molecule has 0 heterocycles. The third-order valence-electron chi connectivity index (χ3n) is 5.15. The Hall–Kier alpha value is -2.15. The zero-order valence-corrected chi connectivity index (χ0v) is 14.1. The van der Waals surface area contributed by atoms with E-state index in [0.29, 0.717) is 5.92 Å². The van der Waals surface area contributed by atoms with Crippen molar-refractivity contribution in [2.75, 3.05) is 0 Å². The predicted molar refractivity (Wildman–Crippen MR) is 100 cm³/mol. The van der Waals surface area contributed by atoms with E-state index in [-0.39, 0.29) is 5.82 Å². The summed E-state index contributed by atoms with van der Waals surface area (Å²) in [7, 11) is 0. The second-order valence-corrected chi connectivity index (χ2v) is 6.75. The van der Waals surface area contributed by atoms with Crippen molar-refractivity contribution in [1.82, 2.24) is 0 Å². The molecular formula is C23H25F. The van der Waals surface area contributed by atoms with Gasteiger partial charge in [-0.25, -0.2) is 4.39 Å². The number of benzene rings is 2. The number of rotatable bonds is 5. The maximum absolute atomic E-state index is 13.0. The maximum atomic E-state index is 13.0. The minimum absolute atomic E-state index is 0.185. The van der Waals surface area contributed by atoms with Gasteiger partial charge in [-0.05, 0) is 72.8 Å². The monoisotopic (exact) mass is 320 g/mol. The van der Waals surface area contributed by atoms with Gasteiger partial charge in [-0.1, -0.05) is 61.2 Å². The second-order valence-electron chi connectivity index (χ2n) is 6.75. The molecule has 0 aromatic heterocycles. The molecule has 1 aliphatic rings. The normalized spacial score (nSPS) is 21.0. The van der Waals surface area contributed by atoms with Gasteiger partial charge in [0.2, 0.25) is 0 Å². The van der Waals surface area contributed by atoms with Gasteiger partial charge in [-0.15, -0.1) is 0 Å². The van der Waals surface area contributed by atoms with Crippen LogP contribution in [0.15, 0.2) is 73.3 Å². The lowest BCUT2D eigenvalue weighted by molar-refractivity contribution is 0.328. The molecule has 1 saturated carbocycles. The first kappa shape index (κ1) is 16.7.